The van der Waals surface area contributed by atoms with Gasteiger partial charge in [0.05, 0.1) is 17.7 Å². The van der Waals surface area contributed by atoms with E-state index < -0.39 is 11.9 Å². The van der Waals surface area contributed by atoms with Gasteiger partial charge in [0.1, 0.15) is 5.75 Å². The molecule has 0 bridgehead atoms. The maximum absolute atomic E-state index is 12.1. The summed E-state index contributed by atoms with van der Waals surface area (Å²) >= 11 is 0. The lowest BCUT2D eigenvalue weighted by Gasteiger charge is -2.09. The number of ketones is 1. The van der Waals surface area contributed by atoms with Crippen molar-refractivity contribution in [1.82, 2.24) is 0 Å². The van der Waals surface area contributed by atoms with E-state index in [4.69, 9.17) is 14.9 Å². The summed E-state index contributed by atoms with van der Waals surface area (Å²) in [7, 11) is 0. The van der Waals surface area contributed by atoms with Crippen LogP contribution in [0, 0.1) is 0 Å². The molecular formula is C25H20O6. The number of hydrogen-bond acceptors (Lipinski definition) is 4. The van der Waals surface area contributed by atoms with Crippen LogP contribution in [-0.2, 0) is 6.42 Å². The van der Waals surface area contributed by atoms with Crippen molar-refractivity contribution in [3.05, 3.63) is 107 Å². The molecule has 0 atom stereocenters. The quantitative estimate of drug-likeness (QED) is 0.391. The Morgan fingerprint density at radius 2 is 1.39 bits per heavy atom. The second-order valence-corrected chi connectivity index (χ2v) is 6.76. The van der Waals surface area contributed by atoms with Gasteiger partial charge in [-0.15, -0.1) is 0 Å². The first-order chi connectivity index (χ1) is 14.9. The van der Waals surface area contributed by atoms with Crippen LogP contribution >= 0.6 is 0 Å². The van der Waals surface area contributed by atoms with Crippen LogP contribution in [0.3, 0.4) is 0 Å². The SMILES string of the molecule is O=C(O)c1cc(OCCc2ccc(C=CC(=O)c3ccccc3)cc2)cc(C(=O)O)c1. The zero-order valence-electron chi connectivity index (χ0n) is 16.5. The van der Waals surface area contributed by atoms with Crippen LogP contribution in [0.2, 0.25) is 0 Å². The number of carbonyl (C=O) groups is 3. The molecule has 31 heavy (non-hydrogen) atoms. The van der Waals surface area contributed by atoms with Crippen LogP contribution < -0.4 is 4.74 Å². The molecule has 0 radical (unpaired) electrons. The average Bonchev–Trinajstić information content (AvgIpc) is 2.78. The molecule has 0 fully saturated rings. The van der Waals surface area contributed by atoms with Gasteiger partial charge in [-0.25, -0.2) is 9.59 Å². The fraction of sp³-hybridized carbons (Fsp3) is 0.0800. The Bertz CT molecular complexity index is 1080. The molecule has 2 N–H and O–H groups in total. The first-order valence-corrected chi connectivity index (χ1v) is 9.53. The van der Waals surface area contributed by atoms with Gasteiger partial charge in [-0.2, -0.15) is 0 Å². The van der Waals surface area contributed by atoms with Crippen molar-refractivity contribution in [3.63, 3.8) is 0 Å². The van der Waals surface area contributed by atoms with Gasteiger partial charge in [0.25, 0.3) is 0 Å². The minimum Gasteiger partial charge on any atom is -0.493 e. The number of carboxylic acid groups (broad SMARTS) is 2. The highest BCUT2D eigenvalue weighted by molar-refractivity contribution is 6.06. The van der Waals surface area contributed by atoms with Gasteiger partial charge in [-0.05, 0) is 35.4 Å². The number of allylic oxidation sites excluding steroid dienone is 1. The van der Waals surface area contributed by atoms with E-state index >= 15 is 0 Å². The molecule has 3 aromatic rings. The Kier molecular flexibility index (Phi) is 6.96. The van der Waals surface area contributed by atoms with Gasteiger partial charge in [-0.3, -0.25) is 4.79 Å². The number of hydrogen-bond donors (Lipinski definition) is 2. The smallest absolute Gasteiger partial charge is 0.335 e. The maximum Gasteiger partial charge on any atom is 0.335 e. The summed E-state index contributed by atoms with van der Waals surface area (Å²) < 4.78 is 5.56. The van der Waals surface area contributed by atoms with Crippen LogP contribution in [-0.4, -0.2) is 34.5 Å². The van der Waals surface area contributed by atoms with Crippen molar-refractivity contribution in [3.8, 4) is 5.75 Å². The number of carboxylic acids is 2. The number of carbonyl (C=O) groups excluding carboxylic acids is 1. The third kappa shape index (κ3) is 6.14. The molecule has 0 aromatic heterocycles. The Labute approximate surface area is 179 Å². The van der Waals surface area contributed by atoms with E-state index in [1.807, 2.05) is 42.5 Å². The minimum atomic E-state index is -1.22. The van der Waals surface area contributed by atoms with E-state index in [9.17, 15) is 14.4 Å². The van der Waals surface area contributed by atoms with Gasteiger partial charge in [0.2, 0.25) is 0 Å². The topological polar surface area (TPSA) is 101 Å². The van der Waals surface area contributed by atoms with E-state index in [2.05, 4.69) is 0 Å². The molecule has 6 heteroatoms. The Hall–Kier alpha value is -4.19. The zero-order chi connectivity index (χ0) is 22.2. The molecule has 0 heterocycles. The Morgan fingerprint density at radius 3 is 1.97 bits per heavy atom. The molecule has 0 aliphatic rings. The van der Waals surface area contributed by atoms with Crippen LogP contribution in [0.15, 0.2) is 78.9 Å². The molecule has 0 aliphatic heterocycles. The third-order valence-corrected chi connectivity index (χ3v) is 4.53. The van der Waals surface area contributed by atoms with E-state index in [0.717, 1.165) is 17.2 Å². The summed E-state index contributed by atoms with van der Waals surface area (Å²) in [5.41, 5.74) is 2.21. The monoisotopic (exact) mass is 416 g/mol. The minimum absolute atomic E-state index is 0.0672. The summed E-state index contributed by atoms with van der Waals surface area (Å²) in [5, 5.41) is 18.2. The van der Waals surface area contributed by atoms with E-state index in [1.165, 1.54) is 18.2 Å². The van der Waals surface area contributed by atoms with Gasteiger partial charge in [-0.1, -0.05) is 60.7 Å². The molecule has 0 aliphatic carbocycles. The molecule has 3 aromatic carbocycles. The van der Waals surface area contributed by atoms with Gasteiger partial charge in [0, 0.05) is 12.0 Å². The molecule has 156 valence electrons. The van der Waals surface area contributed by atoms with Crippen molar-refractivity contribution in [2.24, 2.45) is 0 Å². The fourth-order valence-electron chi connectivity index (χ4n) is 2.88. The number of aromatic carboxylic acids is 2. The van der Waals surface area contributed by atoms with Crippen molar-refractivity contribution in [2.75, 3.05) is 6.61 Å². The van der Waals surface area contributed by atoms with E-state index in [-0.39, 0.29) is 29.3 Å². The normalized spacial score (nSPS) is 10.7. The Morgan fingerprint density at radius 1 is 0.774 bits per heavy atom. The standard InChI is InChI=1S/C25H20O6/c26-23(19-4-2-1-3-5-19)11-10-17-6-8-18(9-7-17)12-13-31-22-15-20(24(27)28)14-21(16-22)25(29)30/h1-11,14-16H,12-13H2,(H,27,28)(H,29,30). The first kappa shape index (κ1) is 21.5. The molecule has 0 unspecified atom stereocenters. The van der Waals surface area contributed by atoms with Crippen molar-refractivity contribution in [2.45, 2.75) is 6.42 Å². The lowest BCUT2D eigenvalue weighted by atomic mass is 10.1. The predicted octanol–water partition coefficient (Wildman–Crippen LogP) is 4.60. The highest BCUT2D eigenvalue weighted by Gasteiger charge is 2.12. The van der Waals surface area contributed by atoms with Gasteiger partial charge in [0.15, 0.2) is 5.78 Å². The summed E-state index contributed by atoms with van der Waals surface area (Å²) in [6, 6.07) is 20.3. The lowest BCUT2D eigenvalue weighted by molar-refractivity contribution is 0.0696. The second kappa shape index (κ2) is 10.0. The molecule has 0 saturated carbocycles. The maximum atomic E-state index is 12.1. The molecule has 0 spiro atoms. The second-order valence-electron chi connectivity index (χ2n) is 6.76. The van der Waals surface area contributed by atoms with Crippen molar-refractivity contribution >= 4 is 23.8 Å². The van der Waals surface area contributed by atoms with Gasteiger partial charge < -0.3 is 14.9 Å². The van der Waals surface area contributed by atoms with Crippen LogP contribution in [0.1, 0.15) is 42.2 Å². The van der Waals surface area contributed by atoms with Crippen molar-refractivity contribution < 1.29 is 29.3 Å². The molecule has 3 rings (SSSR count). The first-order valence-electron chi connectivity index (χ1n) is 9.53. The summed E-state index contributed by atoms with van der Waals surface area (Å²) in [6.07, 6.45) is 3.83. The van der Waals surface area contributed by atoms with Crippen LogP contribution in [0.4, 0.5) is 0 Å². The van der Waals surface area contributed by atoms with Crippen LogP contribution in [0.25, 0.3) is 6.08 Å². The average molecular weight is 416 g/mol. The highest BCUT2D eigenvalue weighted by atomic mass is 16.5. The molecule has 6 nitrogen and oxygen atoms in total. The lowest BCUT2D eigenvalue weighted by Crippen LogP contribution is -2.06. The highest BCUT2D eigenvalue weighted by Crippen LogP contribution is 2.18. The number of ether oxygens (including phenoxy) is 1. The molecule has 0 saturated heterocycles. The molecule has 0 amide bonds. The van der Waals surface area contributed by atoms with E-state index in [1.54, 1.807) is 18.2 Å². The van der Waals surface area contributed by atoms with Crippen LogP contribution in [0.5, 0.6) is 5.75 Å². The van der Waals surface area contributed by atoms with Crippen molar-refractivity contribution in [1.29, 1.82) is 0 Å². The summed E-state index contributed by atoms with van der Waals surface area (Å²) in [6.45, 7) is 0.254. The number of benzene rings is 3. The third-order valence-electron chi connectivity index (χ3n) is 4.53. The summed E-state index contributed by atoms with van der Waals surface area (Å²) in [4.78, 5) is 34.4. The largest absolute Gasteiger partial charge is 0.493 e. The van der Waals surface area contributed by atoms with E-state index in [0.29, 0.717) is 12.0 Å². The predicted molar refractivity (Wildman–Crippen MR) is 116 cm³/mol. The summed E-state index contributed by atoms with van der Waals surface area (Å²) in [5.74, 6) is -2.32. The van der Waals surface area contributed by atoms with Gasteiger partial charge >= 0.3 is 11.9 Å². The number of rotatable bonds is 9. The Balaban J connectivity index is 1.57. The fourth-order valence-corrected chi connectivity index (χ4v) is 2.88. The zero-order valence-corrected chi connectivity index (χ0v) is 16.5. The molecular weight excluding hydrogens is 396 g/mol.